The summed E-state index contributed by atoms with van der Waals surface area (Å²) in [5, 5.41) is 5.00. The molecule has 1 unspecified atom stereocenters. The predicted molar refractivity (Wildman–Crippen MR) is 108 cm³/mol. The Hall–Kier alpha value is -3.05. The summed E-state index contributed by atoms with van der Waals surface area (Å²) in [6.07, 6.45) is 4.19. The molecule has 1 atom stereocenters. The number of hydrogen-bond donors (Lipinski definition) is 0. The van der Waals surface area contributed by atoms with E-state index in [0.29, 0.717) is 17.3 Å². The number of carbonyl (C=O) groups is 1. The van der Waals surface area contributed by atoms with Crippen molar-refractivity contribution in [1.82, 2.24) is 14.5 Å². The van der Waals surface area contributed by atoms with Crippen LogP contribution >= 0.6 is 11.6 Å². The summed E-state index contributed by atoms with van der Waals surface area (Å²) in [7, 11) is 0. The summed E-state index contributed by atoms with van der Waals surface area (Å²) in [6, 6.07) is 15.6. The van der Waals surface area contributed by atoms with Gasteiger partial charge in [0.05, 0.1) is 22.8 Å². The summed E-state index contributed by atoms with van der Waals surface area (Å²) in [5.41, 5.74) is 4.77. The molecule has 5 nitrogen and oxygen atoms in total. The lowest BCUT2D eigenvalue weighted by Crippen LogP contribution is -2.39. The first-order chi connectivity index (χ1) is 13.6. The Morgan fingerprint density at radius 2 is 2.11 bits per heavy atom. The maximum absolute atomic E-state index is 13.1. The molecule has 28 heavy (non-hydrogen) atoms. The molecule has 0 radical (unpaired) electrons. The van der Waals surface area contributed by atoms with Crippen LogP contribution in [0.25, 0.3) is 16.8 Å². The van der Waals surface area contributed by atoms with Gasteiger partial charge in [0.1, 0.15) is 5.76 Å². The number of halogens is 1. The van der Waals surface area contributed by atoms with Crippen molar-refractivity contribution in [2.75, 3.05) is 6.54 Å². The SMILES string of the molecule is CC1c2ccc(-c3ccco3)cc2CCN1C(=O)c1cc2ccc(Cl)cn2n1. The number of benzene rings is 1. The van der Waals surface area contributed by atoms with Gasteiger partial charge in [-0.15, -0.1) is 0 Å². The molecule has 0 fully saturated rings. The minimum atomic E-state index is -0.0620. The van der Waals surface area contributed by atoms with E-state index in [1.807, 2.05) is 23.1 Å². The van der Waals surface area contributed by atoms with Crippen LogP contribution in [0, 0.1) is 0 Å². The van der Waals surface area contributed by atoms with E-state index in [1.165, 1.54) is 11.1 Å². The molecule has 0 saturated heterocycles. The summed E-state index contributed by atoms with van der Waals surface area (Å²) < 4.78 is 7.15. The van der Waals surface area contributed by atoms with Gasteiger partial charge in [-0.1, -0.05) is 23.7 Å². The van der Waals surface area contributed by atoms with Gasteiger partial charge in [0.15, 0.2) is 5.69 Å². The molecular weight excluding hydrogens is 374 g/mol. The largest absolute Gasteiger partial charge is 0.464 e. The second kappa shape index (κ2) is 6.53. The maximum atomic E-state index is 13.1. The number of fused-ring (bicyclic) bond motifs is 2. The molecule has 5 rings (SSSR count). The van der Waals surface area contributed by atoms with E-state index in [0.717, 1.165) is 23.3 Å². The number of aromatic nitrogens is 2. The first-order valence-corrected chi connectivity index (χ1v) is 9.60. The number of hydrogen-bond acceptors (Lipinski definition) is 3. The van der Waals surface area contributed by atoms with Crippen LogP contribution in [0.5, 0.6) is 0 Å². The highest BCUT2D eigenvalue weighted by Crippen LogP contribution is 2.33. The molecule has 0 N–H and O–H groups in total. The number of furan rings is 1. The van der Waals surface area contributed by atoms with Crippen molar-refractivity contribution in [3.63, 3.8) is 0 Å². The number of carbonyl (C=O) groups excluding carboxylic acids is 1. The molecule has 0 saturated carbocycles. The second-order valence-electron chi connectivity index (χ2n) is 7.06. The second-order valence-corrected chi connectivity index (χ2v) is 7.50. The van der Waals surface area contributed by atoms with Crippen molar-refractivity contribution < 1.29 is 9.21 Å². The topological polar surface area (TPSA) is 50.8 Å². The van der Waals surface area contributed by atoms with Crippen molar-refractivity contribution >= 4 is 23.0 Å². The van der Waals surface area contributed by atoms with Gasteiger partial charge in [-0.3, -0.25) is 4.79 Å². The van der Waals surface area contributed by atoms with E-state index < -0.39 is 0 Å². The van der Waals surface area contributed by atoms with Gasteiger partial charge in [0, 0.05) is 18.3 Å². The Morgan fingerprint density at radius 3 is 2.93 bits per heavy atom. The molecule has 140 valence electrons. The van der Waals surface area contributed by atoms with Gasteiger partial charge < -0.3 is 9.32 Å². The summed E-state index contributed by atoms with van der Waals surface area (Å²) in [4.78, 5) is 15.0. The zero-order valence-corrected chi connectivity index (χ0v) is 16.1. The molecule has 0 spiro atoms. The number of amides is 1. The zero-order chi connectivity index (χ0) is 19.3. The first kappa shape index (κ1) is 17.1. The lowest BCUT2D eigenvalue weighted by molar-refractivity contribution is 0.0671. The molecule has 6 heteroatoms. The van der Waals surface area contributed by atoms with Crippen LogP contribution in [0.15, 0.2) is 65.4 Å². The third-order valence-electron chi connectivity index (χ3n) is 5.39. The fraction of sp³-hybridized carbons (Fsp3) is 0.182. The molecule has 0 aliphatic carbocycles. The van der Waals surface area contributed by atoms with Crippen LogP contribution in [0.3, 0.4) is 0 Å². The van der Waals surface area contributed by atoms with Gasteiger partial charge in [0.2, 0.25) is 0 Å². The quantitative estimate of drug-likeness (QED) is 0.482. The summed E-state index contributed by atoms with van der Waals surface area (Å²) in [5.74, 6) is 0.797. The van der Waals surface area contributed by atoms with Crippen LogP contribution in [-0.2, 0) is 6.42 Å². The van der Waals surface area contributed by atoms with Gasteiger partial charge in [-0.25, -0.2) is 4.52 Å². The summed E-state index contributed by atoms with van der Waals surface area (Å²) in [6.45, 7) is 2.72. The maximum Gasteiger partial charge on any atom is 0.274 e. The molecule has 1 aliphatic rings. The Bertz CT molecular complexity index is 1180. The first-order valence-electron chi connectivity index (χ1n) is 9.23. The van der Waals surface area contributed by atoms with Gasteiger partial charge in [-0.05, 0) is 60.9 Å². The number of nitrogens with zero attached hydrogens (tertiary/aromatic N) is 3. The van der Waals surface area contributed by atoms with Crippen LogP contribution < -0.4 is 0 Å². The van der Waals surface area contributed by atoms with Crippen molar-refractivity contribution in [3.8, 4) is 11.3 Å². The van der Waals surface area contributed by atoms with E-state index in [-0.39, 0.29) is 11.9 Å². The molecule has 4 heterocycles. The predicted octanol–water partition coefficient (Wildman–Crippen LogP) is 5.01. The standard InChI is InChI=1S/C22H18ClN3O2/c1-14-19-7-4-16(21-3-2-10-28-21)11-15(19)8-9-25(14)22(27)20-12-18-6-5-17(23)13-26(18)24-20/h2-7,10-14H,8-9H2,1H3. The van der Waals surface area contributed by atoms with Gasteiger partial charge in [0.25, 0.3) is 5.91 Å². The summed E-state index contributed by atoms with van der Waals surface area (Å²) >= 11 is 6.02. The van der Waals surface area contributed by atoms with Crippen LogP contribution in [0.2, 0.25) is 5.02 Å². The lowest BCUT2D eigenvalue weighted by Gasteiger charge is -2.35. The van der Waals surface area contributed by atoms with Gasteiger partial charge >= 0.3 is 0 Å². The molecule has 1 aromatic carbocycles. The Morgan fingerprint density at radius 1 is 1.21 bits per heavy atom. The fourth-order valence-electron chi connectivity index (χ4n) is 3.92. The number of pyridine rings is 1. The molecule has 1 aliphatic heterocycles. The lowest BCUT2D eigenvalue weighted by atomic mass is 9.91. The molecule has 0 bridgehead atoms. The minimum Gasteiger partial charge on any atom is -0.464 e. The zero-order valence-electron chi connectivity index (χ0n) is 15.3. The van der Waals surface area contributed by atoms with Gasteiger partial charge in [-0.2, -0.15) is 5.10 Å². The highest BCUT2D eigenvalue weighted by atomic mass is 35.5. The van der Waals surface area contributed by atoms with Crippen molar-refractivity contribution in [2.45, 2.75) is 19.4 Å². The van der Waals surface area contributed by atoms with Crippen LogP contribution in [0.4, 0.5) is 0 Å². The molecular formula is C22H18ClN3O2. The molecule has 1 amide bonds. The van der Waals surface area contributed by atoms with E-state index in [1.54, 1.807) is 29.1 Å². The Balaban J connectivity index is 1.45. The van der Waals surface area contributed by atoms with E-state index in [4.69, 9.17) is 16.0 Å². The Kier molecular flexibility index (Phi) is 3.98. The third kappa shape index (κ3) is 2.79. The van der Waals surface area contributed by atoms with Crippen LogP contribution in [0.1, 0.15) is 34.6 Å². The highest BCUT2D eigenvalue weighted by molar-refractivity contribution is 6.30. The minimum absolute atomic E-state index is 0.0182. The van der Waals surface area contributed by atoms with E-state index in [9.17, 15) is 4.79 Å². The molecule has 3 aromatic heterocycles. The third-order valence-corrected chi connectivity index (χ3v) is 5.62. The fourth-order valence-corrected chi connectivity index (χ4v) is 4.07. The average Bonchev–Trinajstić information content (AvgIpc) is 3.37. The highest BCUT2D eigenvalue weighted by Gasteiger charge is 2.30. The van der Waals surface area contributed by atoms with E-state index >= 15 is 0 Å². The Labute approximate surface area is 167 Å². The van der Waals surface area contributed by atoms with Crippen molar-refractivity contribution in [2.24, 2.45) is 0 Å². The van der Waals surface area contributed by atoms with Crippen molar-refractivity contribution in [1.29, 1.82) is 0 Å². The average molecular weight is 392 g/mol. The smallest absolute Gasteiger partial charge is 0.274 e. The van der Waals surface area contributed by atoms with Crippen LogP contribution in [-0.4, -0.2) is 27.0 Å². The molecule has 4 aromatic rings. The monoisotopic (exact) mass is 391 g/mol. The van der Waals surface area contributed by atoms with E-state index in [2.05, 4.69) is 30.2 Å². The normalized spacial score (nSPS) is 16.4. The van der Waals surface area contributed by atoms with Crippen molar-refractivity contribution in [3.05, 3.63) is 82.8 Å². The number of rotatable bonds is 2.